The van der Waals surface area contributed by atoms with E-state index >= 15 is 0 Å². The molecule has 1 aliphatic heterocycles. The first-order valence-electron chi connectivity index (χ1n) is 6.68. The van der Waals surface area contributed by atoms with Gasteiger partial charge >= 0.3 is 0 Å². The van der Waals surface area contributed by atoms with Crippen LogP contribution < -0.4 is 10.1 Å². The molecule has 2 aromatic rings. The van der Waals surface area contributed by atoms with E-state index in [9.17, 15) is 8.78 Å². The Morgan fingerprint density at radius 1 is 1.24 bits per heavy atom. The Hall–Kier alpha value is -1.46. The number of benzene rings is 2. The number of hydrogen-bond acceptors (Lipinski definition) is 2. The maximum absolute atomic E-state index is 14.3. The van der Waals surface area contributed by atoms with Crippen LogP contribution in [0, 0.1) is 11.6 Å². The molecule has 0 saturated carbocycles. The van der Waals surface area contributed by atoms with E-state index in [1.807, 2.05) is 18.2 Å². The van der Waals surface area contributed by atoms with Crippen molar-refractivity contribution in [1.29, 1.82) is 0 Å². The molecule has 0 aromatic heterocycles. The highest BCUT2D eigenvalue weighted by atomic mass is 79.9. The van der Waals surface area contributed by atoms with Crippen molar-refractivity contribution in [2.45, 2.75) is 12.5 Å². The van der Waals surface area contributed by atoms with Crippen LogP contribution >= 0.6 is 15.9 Å². The first-order valence-corrected chi connectivity index (χ1v) is 7.47. The summed E-state index contributed by atoms with van der Waals surface area (Å²) in [4.78, 5) is 0. The van der Waals surface area contributed by atoms with E-state index < -0.39 is 17.7 Å². The number of nitrogens with one attached hydrogen (secondary N) is 1. The van der Waals surface area contributed by atoms with E-state index in [0.717, 1.165) is 23.3 Å². The molecule has 2 aromatic carbocycles. The highest BCUT2D eigenvalue weighted by Gasteiger charge is 2.24. The summed E-state index contributed by atoms with van der Waals surface area (Å²) in [7, 11) is 1.69. The zero-order valence-corrected chi connectivity index (χ0v) is 13.0. The molecule has 1 unspecified atom stereocenters. The average Bonchev–Trinajstić information content (AvgIpc) is 2.95. The molecule has 0 bridgehead atoms. The smallest absolute Gasteiger partial charge is 0.145 e. The second kappa shape index (κ2) is 5.73. The highest BCUT2D eigenvalue weighted by Crippen LogP contribution is 2.34. The summed E-state index contributed by atoms with van der Waals surface area (Å²) < 4.78 is 34.1. The van der Waals surface area contributed by atoms with E-state index in [1.54, 1.807) is 7.05 Å². The van der Waals surface area contributed by atoms with Crippen molar-refractivity contribution >= 4 is 15.9 Å². The Kier molecular flexibility index (Phi) is 3.95. The van der Waals surface area contributed by atoms with Gasteiger partial charge in [-0.25, -0.2) is 8.78 Å². The molecule has 0 spiro atoms. The molecule has 5 heteroatoms. The second-order valence-corrected chi connectivity index (χ2v) is 5.80. The minimum Gasteiger partial charge on any atom is -0.493 e. The minimum atomic E-state index is -0.578. The topological polar surface area (TPSA) is 21.3 Å². The molecular weight excluding hydrogens is 340 g/mol. The summed E-state index contributed by atoms with van der Waals surface area (Å²) in [6.45, 7) is 0.655. The Bertz CT molecular complexity index is 690. The molecule has 2 nitrogen and oxygen atoms in total. The van der Waals surface area contributed by atoms with Crippen molar-refractivity contribution in [1.82, 2.24) is 5.32 Å². The SMILES string of the molecule is CNC(c1ccc2c(c1)CCO2)c1c(F)ccc(Br)c1F. The van der Waals surface area contributed by atoms with E-state index in [-0.39, 0.29) is 10.0 Å². The number of fused-ring (bicyclic) bond motifs is 1. The van der Waals surface area contributed by atoms with Gasteiger partial charge in [0, 0.05) is 12.0 Å². The van der Waals surface area contributed by atoms with Gasteiger partial charge in [0.05, 0.1) is 17.1 Å². The van der Waals surface area contributed by atoms with Gasteiger partial charge in [0.2, 0.25) is 0 Å². The van der Waals surface area contributed by atoms with Crippen LogP contribution in [0.3, 0.4) is 0 Å². The quantitative estimate of drug-likeness (QED) is 0.843. The summed E-state index contributed by atoms with van der Waals surface area (Å²) in [5.41, 5.74) is 1.91. The van der Waals surface area contributed by atoms with Crippen molar-refractivity contribution in [2.75, 3.05) is 13.7 Å². The van der Waals surface area contributed by atoms with Crippen LogP contribution in [0.5, 0.6) is 5.75 Å². The van der Waals surface area contributed by atoms with Crippen molar-refractivity contribution in [2.24, 2.45) is 0 Å². The van der Waals surface area contributed by atoms with Crippen LogP contribution in [0.25, 0.3) is 0 Å². The third-order valence-electron chi connectivity index (χ3n) is 3.70. The largest absolute Gasteiger partial charge is 0.493 e. The van der Waals surface area contributed by atoms with Crippen LogP contribution in [0.1, 0.15) is 22.7 Å². The van der Waals surface area contributed by atoms with Gasteiger partial charge in [-0.2, -0.15) is 0 Å². The van der Waals surface area contributed by atoms with E-state index in [2.05, 4.69) is 21.2 Å². The Balaban J connectivity index is 2.09. The second-order valence-electron chi connectivity index (χ2n) is 4.94. The molecule has 1 N–H and O–H groups in total. The van der Waals surface area contributed by atoms with Crippen molar-refractivity contribution in [3.8, 4) is 5.75 Å². The van der Waals surface area contributed by atoms with Gasteiger partial charge in [-0.15, -0.1) is 0 Å². The monoisotopic (exact) mass is 353 g/mol. The van der Waals surface area contributed by atoms with Crippen molar-refractivity contribution < 1.29 is 13.5 Å². The third kappa shape index (κ3) is 2.56. The van der Waals surface area contributed by atoms with Crippen LogP contribution in [0.2, 0.25) is 0 Å². The Labute approximate surface area is 130 Å². The van der Waals surface area contributed by atoms with Gasteiger partial charge in [-0.3, -0.25) is 0 Å². The Morgan fingerprint density at radius 2 is 2.05 bits per heavy atom. The molecule has 21 heavy (non-hydrogen) atoms. The lowest BCUT2D eigenvalue weighted by atomic mass is 9.95. The molecule has 1 aliphatic rings. The molecule has 0 aliphatic carbocycles. The van der Waals surface area contributed by atoms with E-state index in [0.29, 0.717) is 6.61 Å². The fourth-order valence-electron chi connectivity index (χ4n) is 2.67. The number of hydrogen-bond donors (Lipinski definition) is 1. The van der Waals surface area contributed by atoms with Crippen LogP contribution in [-0.2, 0) is 6.42 Å². The van der Waals surface area contributed by atoms with Gasteiger partial charge in [0.15, 0.2) is 0 Å². The summed E-state index contributed by atoms with van der Waals surface area (Å²) in [6, 6.07) is 7.73. The standard InChI is InChI=1S/C16H14BrF2NO/c1-20-16(14-12(18)4-3-11(17)15(14)19)10-2-5-13-9(8-10)6-7-21-13/h2-5,8,16,20H,6-7H2,1H3. The number of rotatable bonds is 3. The zero-order chi connectivity index (χ0) is 15.0. The van der Waals surface area contributed by atoms with Gasteiger partial charge in [-0.1, -0.05) is 12.1 Å². The highest BCUT2D eigenvalue weighted by molar-refractivity contribution is 9.10. The normalized spacial score (nSPS) is 14.7. The lowest BCUT2D eigenvalue weighted by Crippen LogP contribution is -2.20. The lowest BCUT2D eigenvalue weighted by Gasteiger charge is -2.20. The number of halogens is 3. The molecule has 1 heterocycles. The summed E-state index contributed by atoms with van der Waals surface area (Å²) in [5.74, 6) is -0.290. The maximum atomic E-state index is 14.3. The molecule has 3 rings (SSSR count). The summed E-state index contributed by atoms with van der Waals surface area (Å²) >= 11 is 3.11. The lowest BCUT2D eigenvalue weighted by molar-refractivity contribution is 0.357. The molecule has 110 valence electrons. The predicted molar refractivity (Wildman–Crippen MR) is 80.6 cm³/mol. The van der Waals surface area contributed by atoms with Gasteiger partial charge in [0.1, 0.15) is 17.4 Å². The van der Waals surface area contributed by atoms with Gasteiger partial charge in [0.25, 0.3) is 0 Å². The minimum absolute atomic E-state index is 0.0192. The molecule has 0 amide bonds. The number of ether oxygens (including phenoxy) is 1. The summed E-state index contributed by atoms with van der Waals surface area (Å²) in [5, 5.41) is 2.99. The average molecular weight is 354 g/mol. The molecule has 0 saturated heterocycles. The summed E-state index contributed by atoms with van der Waals surface area (Å²) in [6.07, 6.45) is 0.822. The van der Waals surface area contributed by atoms with Gasteiger partial charge < -0.3 is 10.1 Å². The predicted octanol–water partition coefficient (Wildman–Crippen LogP) is 3.97. The third-order valence-corrected chi connectivity index (χ3v) is 4.32. The first-order chi connectivity index (χ1) is 10.1. The van der Waals surface area contributed by atoms with E-state index in [1.165, 1.54) is 12.1 Å². The maximum Gasteiger partial charge on any atom is 0.145 e. The van der Waals surface area contributed by atoms with Crippen molar-refractivity contribution in [3.05, 3.63) is 63.1 Å². The van der Waals surface area contributed by atoms with E-state index in [4.69, 9.17) is 4.74 Å². The molecule has 1 atom stereocenters. The molecule has 0 radical (unpaired) electrons. The van der Waals surface area contributed by atoms with Gasteiger partial charge in [-0.05, 0) is 52.3 Å². The fraction of sp³-hybridized carbons (Fsp3) is 0.250. The first kappa shape index (κ1) is 14.5. The molecule has 0 fully saturated rings. The van der Waals surface area contributed by atoms with Crippen LogP contribution in [0.4, 0.5) is 8.78 Å². The van der Waals surface area contributed by atoms with Crippen molar-refractivity contribution in [3.63, 3.8) is 0 Å². The fourth-order valence-corrected chi connectivity index (χ4v) is 3.02. The van der Waals surface area contributed by atoms with Crippen LogP contribution in [0.15, 0.2) is 34.8 Å². The van der Waals surface area contributed by atoms with Crippen LogP contribution in [-0.4, -0.2) is 13.7 Å². The zero-order valence-electron chi connectivity index (χ0n) is 11.4. The Morgan fingerprint density at radius 3 is 2.81 bits per heavy atom. The molecular formula is C16H14BrF2NO.